The smallest absolute Gasteiger partial charge is 0.123 e. The molecular weight excluding hydrogens is 328 g/mol. The summed E-state index contributed by atoms with van der Waals surface area (Å²) in [6.07, 6.45) is 0. The van der Waals surface area contributed by atoms with Gasteiger partial charge in [-0.2, -0.15) is 0 Å². The van der Waals surface area contributed by atoms with Crippen molar-refractivity contribution >= 4 is 21.6 Å². The molecule has 0 saturated carbocycles. The highest BCUT2D eigenvalue weighted by Crippen LogP contribution is 2.25. The maximum Gasteiger partial charge on any atom is 0.123 e. The van der Waals surface area contributed by atoms with Crippen LogP contribution in [0.2, 0.25) is 0 Å². The first-order chi connectivity index (χ1) is 10.1. The lowest BCUT2D eigenvalue weighted by atomic mass is 10.1. The minimum Gasteiger partial charge on any atom is -0.496 e. The third-order valence-electron chi connectivity index (χ3n) is 3.22. The zero-order valence-electron chi connectivity index (χ0n) is 12.7. The molecule has 0 saturated heterocycles. The van der Waals surface area contributed by atoms with Gasteiger partial charge in [0.15, 0.2) is 0 Å². The Labute approximate surface area is 135 Å². The first-order valence-corrected chi connectivity index (χ1v) is 7.68. The molecule has 0 unspecified atom stereocenters. The van der Waals surface area contributed by atoms with Crippen LogP contribution < -0.4 is 10.1 Å². The van der Waals surface area contributed by atoms with E-state index in [9.17, 15) is 0 Å². The summed E-state index contributed by atoms with van der Waals surface area (Å²) in [4.78, 5) is 2.17. The van der Waals surface area contributed by atoms with E-state index in [1.54, 1.807) is 7.11 Å². The maximum absolute atomic E-state index is 5.41. The Morgan fingerprint density at radius 1 is 1.10 bits per heavy atom. The molecule has 2 aromatic carbocycles. The number of ether oxygens (including phenoxy) is 1. The van der Waals surface area contributed by atoms with Crippen molar-refractivity contribution in [3.8, 4) is 5.75 Å². The van der Waals surface area contributed by atoms with Gasteiger partial charge in [0.25, 0.3) is 0 Å². The van der Waals surface area contributed by atoms with Gasteiger partial charge in [-0.05, 0) is 43.9 Å². The molecule has 1 N–H and O–H groups in total. The SMILES string of the molecule is COc1ccc(Br)cc1CNc1ccccc1CN(C)C. The van der Waals surface area contributed by atoms with Crippen molar-refractivity contribution < 1.29 is 4.74 Å². The van der Waals surface area contributed by atoms with Crippen LogP contribution in [0.4, 0.5) is 5.69 Å². The fourth-order valence-corrected chi connectivity index (χ4v) is 2.66. The molecule has 0 fully saturated rings. The summed E-state index contributed by atoms with van der Waals surface area (Å²) in [5, 5.41) is 3.51. The minimum absolute atomic E-state index is 0.729. The average Bonchev–Trinajstić information content (AvgIpc) is 2.46. The van der Waals surface area contributed by atoms with Gasteiger partial charge < -0.3 is 15.0 Å². The Bertz CT molecular complexity index is 599. The van der Waals surface area contributed by atoms with Crippen molar-refractivity contribution in [2.75, 3.05) is 26.5 Å². The topological polar surface area (TPSA) is 24.5 Å². The fraction of sp³-hybridized carbons (Fsp3) is 0.294. The van der Waals surface area contributed by atoms with E-state index in [4.69, 9.17) is 4.74 Å². The molecule has 3 nitrogen and oxygen atoms in total. The summed E-state index contributed by atoms with van der Waals surface area (Å²) in [6.45, 7) is 1.64. The van der Waals surface area contributed by atoms with Crippen LogP contribution in [0.1, 0.15) is 11.1 Å². The van der Waals surface area contributed by atoms with Crippen LogP contribution in [0.25, 0.3) is 0 Å². The van der Waals surface area contributed by atoms with E-state index in [1.807, 2.05) is 12.1 Å². The lowest BCUT2D eigenvalue weighted by molar-refractivity contribution is 0.403. The van der Waals surface area contributed by atoms with Gasteiger partial charge >= 0.3 is 0 Å². The lowest BCUT2D eigenvalue weighted by Crippen LogP contribution is -2.13. The summed E-state index contributed by atoms with van der Waals surface area (Å²) in [6, 6.07) is 14.4. The van der Waals surface area contributed by atoms with Crippen LogP contribution in [-0.2, 0) is 13.1 Å². The predicted molar refractivity (Wildman–Crippen MR) is 91.9 cm³/mol. The lowest BCUT2D eigenvalue weighted by Gasteiger charge is -2.16. The molecule has 2 rings (SSSR count). The summed E-state index contributed by atoms with van der Waals surface area (Å²) >= 11 is 3.51. The Kier molecular flexibility index (Phi) is 5.65. The molecule has 0 atom stereocenters. The van der Waals surface area contributed by atoms with Crippen molar-refractivity contribution in [2.45, 2.75) is 13.1 Å². The summed E-state index contributed by atoms with van der Waals surface area (Å²) in [7, 11) is 5.86. The Balaban J connectivity index is 2.15. The second-order valence-corrected chi connectivity index (χ2v) is 6.12. The molecule has 0 aliphatic rings. The second kappa shape index (κ2) is 7.48. The molecule has 2 aromatic rings. The quantitative estimate of drug-likeness (QED) is 0.849. The molecule has 112 valence electrons. The number of anilines is 1. The van der Waals surface area contributed by atoms with Gasteiger partial charge in [-0.25, -0.2) is 0 Å². The number of halogens is 1. The molecule has 0 amide bonds. The number of nitrogens with zero attached hydrogens (tertiary/aromatic N) is 1. The van der Waals surface area contributed by atoms with Crippen molar-refractivity contribution in [3.05, 3.63) is 58.1 Å². The van der Waals surface area contributed by atoms with Crippen LogP contribution >= 0.6 is 15.9 Å². The molecule has 0 heterocycles. The monoisotopic (exact) mass is 348 g/mol. The van der Waals surface area contributed by atoms with Crippen LogP contribution in [0.3, 0.4) is 0 Å². The van der Waals surface area contributed by atoms with E-state index < -0.39 is 0 Å². The summed E-state index contributed by atoms with van der Waals surface area (Å²) in [5.74, 6) is 0.899. The van der Waals surface area contributed by atoms with E-state index in [2.05, 4.69) is 70.6 Å². The highest BCUT2D eigenvalue weighted by Gasteiger charge is 2.06. The van der Waals surface area contributed by atoms with Gasteiger partial charge in [0.1, 0.15) is 5.75 Å². The van der Waals surface area contributed by atoms with Crippen LogP contribution in [-0.4, -0.2) is 26.1 Å². The zero-order chi connectivity index (χ0) is 15.2. The average molecular weight is 349 g/mol. The third kappa shape index (κ3) is 4.48. The summed E-state index contributed by atoms with van der Waals surface area (Å²) < 4.78 is 6.47. The highest BCUT2D eigenvalue weighted by atomic mass is 79.9. The van der Waals surface area contributed by atoms with E-state index in [0.29, 0.717) is 0 Å². The van der Waals surface area contributed by atoms with Gasteiger partial charge in [-0.3, -0.25) is 0 Å². The number of hydrogen-bond donors (Lipinski definition) is 1. The molecule has 0 radical (unpaired) electrons. The van der Waals surface area contributed by atoms with Crippen molar-refractivity contribution in [1.29, 1.82) is 0 Å². The molecular formula is C17H21BrN2O. The van der Waals surface area contributed by atoms with E-state index in [0.717, 1.165) is 34.6 Å². The molecule has 0 aliphatic carbocycles. The van der Waals surface area contributed by atoms with Crippen LogP contribution in [0.15, 0.2) is 46.9 Å². The van der Waals surface area contributed by atoms with E-state index in [-0.39, 0.29) is 0 Å². The van der Waals surface area contributed by atoms with Crippen LogP contribution in [0.5, 0.6) is 5.75 Å². The number of rotatable bonds is 6. The predicted octanol–water partition coefficient (Wildman–Crippen LogP) is 4.13. The van der Waals surface area contributed by atoms with E-state index in [1.165, 1.54) is 5.56 Å². The molecule has 4 heteroatoms. The minimum atomic E-state index is 0.729. The fourth-order valence-electron chi connectivity index (χ4n) is 2.25. The molecule has 0 aromatic heterocycles. The highest BCUT2D eigenvalue weighted by molar-refractivity contribution is 9.10. The normalized spacial score (nSPS) is 10.7. The number of methoxy groups -OCH3 is 1. The Hall–Kier alpha value is -1.52. The maximum atomic E-state index is 5.41. The van der Waals surface area contributed by atoms with E-state index >= 15 is 0 Å². The van der Waals surface area contributed by atoms with Crippen LogP contribution in [0, 0.1) is 0 Å². The standard InChI is InChI=1S/C17H21BrN2O/c1-20(2)12-13-6-4-5-7-16(13)19-11-14-10-15(18)8-9-17(14)21-3/h4-10,19H,11-12H2,1-3H3. The second-order valence-electron chi connectivity index (χ2n) is 5.20. The molecule has 0 aliphatic heterocycles. The third-order valence-corrected chi connectivity index (χ3v) is 3.71. The van der Waals surface area contributed by atoms with Crippen molar-refractivity contribution in [3.63, 3.8) is 0 Å². The first-order valence-electron chi connectivity index (χ1n) is 6.89. The van der Waals surface area contributed by atoms with Crippen molar-refractivity contribution in [1.82, 2.24) is 4.90 Å². The number of para-hydroxylation sites is 1. The Morgan fingerprint density at radius 2 is 1.86 bits per heavy atom. The largest absolute Gasteiger partial charge is 0.496 e. The van der Waals surface area contributed by atoms with Gasteiger partial charge in [0, 0.05) is 28.8 Å². The van der Waals surface area contributed by atoms with Gasteiger partial charge in [0.2, 0.25) is 0 Å². The molecule has 0 spiro atoms. The molecule has 0 bridgehead atoms. The van der Waals surface area contributed by atoms with Crippen molar-refractivity contribution in [2.24, 2.45) is 0 Å². The number of hydrogen-bond acceptors (Lipinski definition) is 3. The Morgan fingerprint density at radius 3 is 2.57 bits per heavy atom. The van der Waals surface area contributed by atoms with Gasteiger partial charge in [0.05, 0.1) is 7.11 Å². The summed E-state index contributed by atoms with van der Waals surface area (Å²) in [5.41, 5.74) is 3.58. The van der Waals surface area contributed by atoms with Gasteiger partial charge in [-0.15, -0.1) is 0 Å². The first kappa shape index (κ1) is 15.9. The number of benzene rings is 2. The molecule has 21 heavy (non-hydrogen) atoms. The number of nitrogens with one attached hydrogen (secondary N) is 1. The van der Waals surface area contributed by atoms with Gasteiger partial charge in [-0.1, -0.05) is 34.1 Å². The zero-order valence-corrected chi connectivity index (χ0v) is 14.3.